The predicted molar refractivity (Wildman–Crippen MR) is 226 cm³/mol. The van der Waals surface area contributed by atoms with Crippen molar-refractivity contribution in [2.45, 2.75) is 83.8 Å². The van der Waals surface area contributed by atoms with Crippen LogP contribution in [0.3, 0.4) is 0 Å². The lowest BCUT2D eigenvalue weighted by molar-refractivity contribution is -0.00102. The molecule has 8 rings (SSSR count). The van der Waals surface area contributed by atoms with Crippen LogP contribution in [0, 0.1) is 29.1 Å². The minimum absolute atomic E-state index is 0.0173. The summed E-state index contributed by atoms with van der Waals surface area (Å²) in [7, 11) is 0. The molecule has 7 unspecified atom stereocenters. The van der Waals surface area contributed by atoms with Gasteiger partial charge in [-0.1, -0.05) is 141 Å². The van der Waals surface area contributed by atoms with Gasteiger partial charge in [-0.15, -0.1) is 0 Å². The molecule has 0 spiro atoms. The number of hydrogen-bond acceptors (Lipinski definition) is 3. The van der Waals surface area contributed by atoms with Crippen LogP contribution in [0.25, 0.3) is 0 Å². The van der Waals surface area contributed by atoms with Crippen LogP contribution >= 0.6 is 0 Å². The third kappa shape index (κ3) is 7.00. The maximum absolute atomic E-state index is 6.75. The van der Waals surface area contributed by atoms with E-state index in [1.165, 1.54) is 28.7 Å². The highest BCUT2D eigenvalue weighted by Gasteiger charge is 2.58. The summed E-state index contributed by atoms with van der Waals surface area (Å²) in [6.45, 7) is 11.3. The molecule has 0 radical (unpaired) electrons. The van der Waals surface area contributed by atoms with Crippen LogP contribution in [0.15, 0.2) is 179 Å². The number of rotatable bonds is 10. The Morgan fingerprint density at radius 3 is 2.52 bits per heavy atom. The maximum atomic E-state index is 6.75. The molecule has 0 amide bonds. The highest BCUT2D eigenvalue weighted by atomic mass is 16.5. The fourth-order valence-electron chi connectivity index (χ4n) is 10.3. The molecule has 8 atom stereocenters. The zero-order valence-corrected chi connectivity index (χ0v) is 32.3. The van der Waals surface area contributed by atoms with Crippen LogP contribution in [0.4, 0.5) is 0 Å². The summed E-state index contributed by atoms with van der Waals surface area (Å²) in [5.74, 6) is 4.36. The van der Waals surface area contributed by atoms with Gasteiger partial charge in [-0.2, -0.15) is 0 Å². The average Bonchev–Trinajstić information content (AvgIpc) is 3.22. The number of fused-ring (bicyclic) bond motifs is 1. The van der Waals surface area contributed by atoms with Crippen molar-refractivity contribution in [1.29, 1.82) is 0 Å². The number of allylic oxidation sites excluding steroid dienone is 18. The first-order valence-corrected chi connectivity index (χ1v) is 20.4. The van der Waals surface area contributed by atoms with E-state index < -0.39 is 0 Å². The van der Waals surface area contributed by atoms with Gasteiger partial charge in [-0.05, 0) is 122 Å². The first kappa shape index (κ1) is 36.3. The number of ether oxygens (including phenoxy) is 1. The highest BCUT2D eigenvalue weighted by Crippen LogP contribution is 2.64. The molecule has 0 saturated carbocycles. The largest absolute Gasteiger partial charge is 0.461 e. The number of nitrogens with one attached hydrogen (secondary N) is 1. The first-order chi connectivity index (χ1) is 26.4. The van der Waals surface area contributed by atoms with E-state index in [0.717, 1.165) is 61.3 Å². The van der Waals surface area contributed by atoms with Crippen LogP contribution in [0.5, 0.6) is 0 Å². The predicted octanol–water partition coefficient (Wildman–Crippen LogP) is 12.8. The highest BCUT2D eigenvalue weighted by molar-refractivity contribution is 6.13. The lowest BCUT2D eigenvalue weighted by Crippen LogP contribution is -2.52. The Balaban J connectivity index is 1.17. The van der Waals surface area contributed by atoms with Crippen LogP contribution < -0.4 is 5.32 Å². The van der Waals surface area contributed by atoms with E-state index in [1.807, 2.05) is 0 Å². The fourth-order valence-corrected chi connectivity index (χ4v) is 10.3. The molecule has 2 aromatic rings. The molecule has 6 aliphatic rings. The van der Waals surface area contributed by atoms with Crippen molar-refractivity contribution in [2.75, 3.05) is 0 Å². The SMILES string of the molecule is C=C(C)/C(=N\C(N[C@H](C)c1ccccc1)c1cccc(C2C=CC=CC2)c1)C1=CCC(C2(C3CCC=CC3C)C3=C(C=CCC3)OC3=CC=CCC32)C=C1. The third-order valence-electron chi connectivity index (χ3n) is 12.9. The number of hydrogen-bond donors (Lipinski definition) is 1. The average molecular weight is 713 g/mol. The summed E-state index contributed by atoms with van der Waals surface area (Å²) in [4.78, 5) is 5.60. The van der Waals surface area contributed by atoms with Gasteiger partial charge in [0, 0.05) is 23.3 Å². The second-order valence-corrected chi connectivity index (χ2v) is 16.2. The van der Waals surface area contributed by atoms with E-state index in [2.05, 4.69) is 172 Å². The van der Waals surface area contributed by atoms with Crippen LogP contribution in [-0.4, -0.2) is 5.71 Å². The monoisotopic (exact) mass is 712 g/mol. The van der Waals surface area contributed by atoms with Crippen molar-refractivity contribution in [2.24, 2.45) is 34.1 Å². The van der Waals surface area contributed by atoms with Gasteiger partial charge >= 0.3 is 0 Å². The van der Waals surface area contributed by atoms with E-state index in [4.69, 9.17) is 9.73 Å². The van der Waals surface area contributed by atoms with Crippen molar-refractivity contribution in [3.63, 3.8) is 0 Å². The Morgan fingerprint density at radius 1 is 0.889 bits per heavy atom. The normalized spacial score (nSPS) is 29.8. The molecule has 0 saturated heterocycles. The van der Waals surface area contributed by atoms with Gasteiger partial charge < -0.3 is 4.74 Å². The smallest absolute Gasteiger partial charge is 0.126 e. The van der Waals surface area contributed by atoms with Gasteiger partial charge in [-0.3, -0.25) is 10.3 Å². The minimum Gasteiger partial charge on any atom is -0.461 e. The van der Waals surface area contributed by atoms with E-state index in [9.17, 15) is 0 Å². The second kappa shape index (κ2) is 15.9. The van der Waals surface area contributed by atoms with Gasteiger partial charge in [0.2, 0.25) is 0 Å². The van der Waals surface area contributed by atoms with E-state index in [0.29, 0.717) is 29.6 Å². The molecule has 2 aromatic carbocycles. The molecule has 0 fully saturated rings. The summed E-state index contributed by atoms with van der Waals surface area (Å²) in [5.41, 5.74) is 8.41. The second-order valence-electron chi connectivity index (χ2n) is 16.2. The molecule has 3 heteroatoms. The molecule has 0 bridgehead atoms. The van der Waals surface area contributed by atoms with Crippen LogP contribution in [0.2, 0.25) is 0 Å². The molecular weight excluding hydrogens is 657 g/mol. The molecule has 1 aliphatic heterocycles. The Hall–Kier alpha value is -4.73. The number of benzene rings is 2. The molecule has 0 aromatic heterocycles. The Bertz CT molecular complexity index is 2050. The molecule has 54 heavy (non-hydrogen) atoms. The van der Waals surface area contributed by atoms with Crippen molar-refractivity contribution in [1.82, 2.24) is 5.32 Å². The fraction of sp³-hybridized carbons (Fsp3) is 0.353. The van der Waals surface area contributed by atoms with E-state index in [1.54, 1.807) is 5.57 Å². The molecule has 1 heterocycles. The third-order valence-corrected chi connectivity index (χ3v) is 12.9. The number of nitrogens with zero attached hydrogens (tertiary/aromatic N) is 1. The van der Waals surface area contributed by atoms with Crippen molar-refractivity contribution in [3.8, 4) is 0 Å². The summed E-state index contributed by atoms with van der Waals surface area (Å²) in [6, 6.07) is 19.8. The summed E-state index contributed by atoms with van der Waals surface area (Å²) in [5, 5.41) is 3.92. The van der Waals surface area contributed by atoms with E-state index in [-0.39, 0.29) is 17.6 Å². The van der Waals surface area contributed by atoms with Crippen molar-refractivity contribution >= 4 is 5.71 Å². The molecule has 5 aliphatic carbocycles. The first-order valence-electron chi connectivity index (χ1n) is 20.4. The zero-order valence-electron chi connectivity index (χ0n) is 32.3. The zero-order chi connectivity index (χ0) is 37.1. The summed E-state index contributed by atoms with van der Waals surface area (Å²) in [6.07, 6.45) is 39.9. The van der Waals surface area contributed by atoms with Crippen LogP contribution in [0.1, 0.15) is 101 Å². The van der Waals surface area contributed by atoms with Gasteiger partial charge in [-0.25, -0.2) is 0 Å². The van der Waals surface area contributed by atoms with Crippen LogP contribution in [-0.2, 0) is 4.74 Å². The summed E-state index contributed by atoms with van der Waals surface area (Å²) < 4.78 is 6.75. The van der Waals surface area contributed by atoms with Gasteiger partial charge in [0.1, 0.15) is 17.7 Å². The topological polar surface area (TPSA) is 33.6 Å². The minimum atomic E-state index is -0.248. The lowest BCUT2D eigenvalue weighted by Gasteiger charge is -2.58. The standard InChI is InChI=1S/C51H56N2O/c1-35(2)49(53-50(52-37(4)38-19-7-5-8-20-38)42-24-17-23-41(34-42)39-21-9-6-10-22-39)40-30-32-43(33-31-40)51(44-25-12-11-18-36(44)3)45-26-13-15-28-47(45)54-48-29-16-14-27-46(48)51/h5-11,13,15-21,23-24,28-32,34,36-37,39,43-45,50,52H,1,12,14,22,25-27,33H2,2-4H3/b53-49+/t36?,37-,39?,43?,44?,45?,50?,51?/m1/s1. The quantitative estimate of drug-likeness (QED) is 0.197. The Labute approximate surface area is 323 Å². The summed E-state index contributed by atoms with van der Waals surface area (Å²) >= 11 is 0. The van der Waals surface area contributed by atoms with Gasteiger partial charge in [0.15, 0.2) is 0 Å². The number of aliphatic imine (C=N–C) groups is 1. The maximum Gasteiger partial charge on any atom is 0.126 e. The molecule has 1 N–H and O–H groups in total. The van der Waals surface area contributed by atoms with Crippen molar-refractivity contribution in [3.05, 3.63) is 191 Å². The Morgan fingerprint density at radius 2 is 1.74 bits per heavy atom. The lowest BCUT2D eigenvalue weighted by atomic mass is 9.47. The molecule has 3 nitrogen and oxygen atoms in total. The molecule has 276 valence electrons. The van der Waals surface area contributed by atoms with Gasteiger partial charge in [0.05, 0.1) is 5.71 Å². The molecular formula is C51H56N2O. The van der Waals surface area contributed by atoms with Gasteiger partial charge in [0.25, 0.3) is 0 Å². The Kier molecular flexibility index (Phi) is 10.7. The van der Waals surface area contributed by atoms with Crippen molar-refractivity contribution < 1.29 is 4.74 Å². The van der Waals surface area contributed by atoms with E-state index >= 15 is 0 Å².